The Morgan fingerprint density at radius 2 is 2.03 bits per heavy atom. The molecule has 1 fully saturated rings. The number of hydrogen-bond donors (Lipinski definition) is 2. The van der Waals surface area contributed by atoms with Gasteiger partial charge < -0.3 is 14.9 Å². The zero-order chi connectivity index (χ0) is 21.7. The van der Waals surface area contributed by atoms with Gasteiger partial charge in [0.05, 0.1) is 10.6 Å². The van der Waals surface area contributed by atoms with Crippen LogP contribution in [-0.2, 0) is 9.59 Å². The second kappa shape index (κ2) is 9.32. The Hall–Kier alpha value is -3.52. The van der Waals surface area contributed by atoms with E-state index in [2.05, 4.69) is 11.6 Å². The molecule has 0 saturated carbocycles. The second-order valence-electron chi connectivity index (χ2n) is 6.40. The summed E-state index contributed by atoms with van der Waals surface area (Å²) in [5.41, 5.74) is 1.31. The predicted octanol–water partition coefficient (Wildman–Crippen LogP) is 4.03. The molecular formula is C22H20N2O5S. The third kappa shape index (κ3) is 5.09. The number of amides is 1. The Kier molecular flexibility index (Phi) is 6.58. The molecular weight excluding hydrogens is 404 g/mol. The number of thioether (sulfide) groups is 1. The van der Waals surface area contributed by atoms with Gasteiger partial charge in [-0.05, 0) is 66.7 Å². The van der Waals surface area contributed by atoms with Crippen molar-refractivity contribution in [3.63, 3.8) is 0 Å². The highest BCUT2D eigenvalue weighted by Gasteiger charge is 2.32. The highest BCUT2D eigenvalue weighted by atomic mass is 32.2. The van der Waals surface area contributed by atoms with Crippen LogP contribution in [0.3, 0.4) is 0 Å². The number of carboxylic acid groups (broad SMARTS) is 1. The van der Waals surface area contributed by atoms with Crippen LogP contribution in [0.25, 0.3) is 6.08 Å². The molecule has 30 heavy (non-hydrogen) atoms. The van der Waals surface area contributed by atoms with Crippen LogP contribution in [0.15, 0.2) is 71.1 Å². The predicted molar refractivity (Wildman–Crippen MR) is 117 cm³/mol. The molecule has 0 bridgehead atoms. The molecule has 1 amide bonds. The van der Waals surface area contributed by atoms with E-state index in [0.717, 1.165) is 0 Å². The standard InChI is InChI=1S/C22H20N2O5S/c1-3-11-24-20(26)19(30-22(24)23-16-7-9-17(25)10-8-16)13-15-5-4-6-18(12-15)29-14(2)21(27)28/h3-10,12-14,25H,1,11H2,2H3,(H,27,28)/b19-13-,23-22?. The average molecular weight is 424 g/mol. The summed E-state index contributed by atoms with van der Waals surface area (Å²) < 4.78 is 5.39. The third-order valence-corrected chi connectivity index (χ3v) is 5.10. The van der Waals surface area contributed by atoms with E-state index in [1.54, 1.807) is 48.6 Å². The number of carboxylic acids is 1. The van der Waals surface area contributed by atoms with Crippen molar-refractivity contribution in [1.29, 1.82) is 0 Å². The maximum absolute atomic E-state index is 12.9. The Morgan fingerprint density at radius 3 is 2.70 bits per heavy atom. The highest BCUT2D eigenvalue weighted by molar-refractivity contribution is 8.18. The second-order valence-corrected chi connectivity index (χ2v) is 7.41. The summed E-state index contributed by atoms with van der Waals surface area (Å²) in [5.74, 6) is -0.731. The van der Waals surface area contributed by atoms with E-state index in [-0.39, 0.29) is 11.7 Å². The number of amidine groups is 1. The molecule has 2 aromatic carbocycles. The number of aromatic hydroxyl groups is 1. The van der Waals surface area contributed by atoms with Gasteiger partial charge in [-0.1, -0.05) is 18.2 Å². The Labute approximate surface area is 178 Å². The Balaban J connectivity index is 1.88. The highest BCUT2D eigenvalue weighted by Crippen LogP contribution is 2.34. The summed E-state index contributed by atoms with van der Waals surface area (Å²) in [4.78, 5) is 30.4. The lowest BCUT2D eigenvalue weighted by Gasteiger charge is -2.12. The van der Waals surface area contributed by atoms with Crippen LogP contribution < -0.4 is 4.74 Å². The number of carbonyl (C=O) groups excluding carboxylic acids is 1. The quantitative estimate of drug-likeness (QED) is 0.514. The van der Waals surface area contributed by atoms with E-state index in [9.17, 15) is 14.7 Å². The number of phenolic OH excluding ortho intramolecular Hbond substituents is 1. The van der Waals surface area contributed by atoms with E-state index in [1.165, 1.54) is 35.7 Å². The van der Waals surface area contributed by atoms with Crippen molar-refractivity contribution < 1.29 is 24.5 Å². The largest absolute Gasteiger partial charge is 0.508 e. The summed E-state index contributed by atoms with van der Waals surface area (Å²) in [7, 11) is 0. The van der Waals surface area contributed by atoms with Gasteiger partial charge in [0.15, 0.2) is 11.3 Å². The van der Waals surface area contributed by atoms with Gasteiger partial charge in [-0.3, -0.25) is 9.69 Å². The molecule has 8 heteroatoms. The summed E-state index contributed by atoms with van der Waals surface area (Å²) in [6.07, 6.45) is 2.35. The molecule has 154 valence electrons. The maximum atomic E-state index is 12.9. The van der Waals surface area contributed by atoms with Gasteiger partial charge in [0.25, 0.3) is 5.91 Å². The fourth-order valence-corrected chi connectivity index (χ4v) is 3.61. The first-order valence-electron chi connectivity index (χ1n) is 9.07. The molecule has 0 spiro atoms. The van der Waals surface area contributed by atoms with Crippen LogP contribution in [0.2, 0.25) is 0 Å². The van der Waals surface area contributed by atoms with Gasteiger partial charge in [0.2, 0.25) is 0 Å². The van der Waals surface area contributed by atoms with Crippen molar-refractivity contribution >= 4 is 40.6 Å². The molecule has 1 heterocycles. The van der Waals surface area contributed by atoms with E-state index in [1.807, 2.05) is 0 Å². The third-order valence-electron chi connectivity index (χ3n) is 4.09. The maximum Gasteiger partial charge on any atom is 0.344 e. The van der Waals surface area contributed by atoms with E-state index < -0.39 is 12.1 Å². The molecule has 2 N–H and O–H groups in total. The van der Waals surface area contributed by atoms with Crippen LogP contribution in [-0.4, -0.2) is 44.8 Å². The van der Waals surface area contributed by atoms with Crippen LogP contribution >= 0.6 is 11.8 Å². The normalized spacial score (nSPS) is 17.4. The first-order chi connectivity index (χ1) is 14.4. The number of benzene rings is 2. The van der Waals surface area contributed by atoms with E-state index >= 15 is 0 Å². The molecule has 1 unspecified atom stereocenters. The number of hydrogen-bond acceptors (Lipinski definition) is 6. The van der Waals surface area contributed by atoms with Crippen LogP contribution in [0.5, 0.6) is 11.5 Å². The van der Waals surface area contributed by atoms with Crippen LogP contribution in [0, 0.1) is 0 Å². The van der Waals surface area contributed by atoms with Gasteiger partial charge >= 0.3 is 5.97 Å². The molecule has 3 rings (SSSR count). The van der Waals surface area contributed by atoms with Crippen LogP contribution in [0.4, 0.5) is 5.69 Å². The van der Waals surface area contributed by atoms with Crippen molar-refractivity contribution in [3.8, 4) is 11.5 Å². The summed E-state index contributed by atoms with van der Waals surface area (Å²) in [6.45, 7) is 5.45. The van der Waals surface area contributed by atoms with Gasteiger partial charge in [0.1, 0.15) is 11.5 Å². The number of nitrogens with zero attached hydrogens (tertiary/aromatic N) is 2. The Morgan fingerprint density at radius 1 is 1.30 bits per heavy atom. The molecule has 1 atom stereocenters. The van der Waals surface area contributed by atoms with Gasteiger partial charge in [0, 0.05) is 6.54 Å². The lowest BCUT2D eigenvalue weighted by atomic mass is 10.2. The zero-order valence-electron chi connectivity index (χ0n) is 16.2. The summed E-state index contributed by atoms with van der Waals surface area (Å²) in [5, 5.41) is 18.9. The molecule has 7 nitrogen and oxygen atoms in total. The van der Waals surface area contributed by atoms with Crippen molar-refractivity contribution in [1.82, 2.24) is 4.90 Å². The number of rotatable bonds is 7. The molecule has 2 aromatic rings. The molecule has 1 aliphatic heterocycles. The molecule has 0 radical (unpaired) electrons. The molecule has 1 saturated heterocycles. The van der Waals surface area contributed by atoms with Gasteiger partial charge in [-0.25, -0.2) is 9.79 Å². The SMILES string of the molecule is C=CCN1C(=O)/C(=C/c2cccc(OC(C)C(=O)O)c2)SC1=Nc1ccc(O)cc1. The summed E-state index contributed by atoms with van der Waals surface area (Å²) >= 11 is 1.23. The lowest BCUT2D eigenvalue weighted by Crippen LogP contribution is -2.29. The molecule has 0 aromatic heterocycles. The average Bonchev–Trinajstić information content (AvgIpc) is 2.99. The van der Waals surface area contributed by atoms with Crippen LogP contribution in [0.1, 0.15) is 12.5 Å². The van der Waals surface area contributed by atoms with Crippen molar-refractivity contribution in [2.75, 3.05) is 6.54 Å². The minimum atomic E-state index is -1.06. The Bertz CT molecular complexity index is 1030. The topological polar surface area (TPSA) is 99.4 Å². The fraction of sp³-hybridized carbons (Fsp3) is 0.136. The summed E-state index contributed by atoms with van der Waals surface area (Å²) in [6, 6.07) is 13.2. The number of aliphatic imine (C=N–C) groups is 1. The number of aliphatic carboxylic acids is 1. The number of carbonyl (C=O) groups is 2. The fourth-order valence-electron chi connectivity index (χ4n) is 2.60. The molecule has 1 aliphatic rings. The minimum absolute atomic E-state index is 0.136. The monoisotopic (exact) mass is 424 g/mol. The first-order valence-corrected chi connectivity index (χ1v) is 9.88. The molecule has 0 aliphatic carbocycles. The van der Waals surface area contributed by atoms with Crippen molar-refractivity contribution in [2.24, 2.45) is 4.99 Å². The minimum Gasteiger partial charge on any atom is -0.508 e. The number of ether oxygens (including phenoxy) is 1. The smallest absolute Gasteiger partial charge is 0.344 e. The van der Waals surface area contributed by atoms with Gasteiger partial charge in [-0.2, -0.15) is 0 Å². The number of phenols is 1. The van der Waals surface area contributed by atoms with Crippen molar-refractivity contribution in [3.05, 3.63) is 71.7 Å². The lowest BCUT2D eigenvalue weighted by molar-refractivity contribution is -0.144. The van der Waals surface area contributed by atoms with E-state index in [4.69, 9.17) is 9.84 Å². The van der Waals surface area contributed by atoms with Crippen molar-refractivity contribution in [2.45, 2.75) is 13.0 Å². The van der Waals surface area contributed by atoms with E-state index in [0.29, 0.717) is 33.6 Å². The van der Waals surface area contributed by atoms with Gasteiger partial charge in [-0.15, -0.1) is 6.58 Å². The zero-order valence-corrected chi connectivity index (χ0v) is 17.0. The first kappa shape index (κ1) is 21.2.